The highest BCUT2D eigenvalue weighted by Crippen LogP contribution is 2.35. The van der Waals surface area contributed by atoms with Gasteiger partial charge in [-0.2, -0.15) is 4.98 Å². The van der Waals surface area contributed by atoms with Gasteiger partial charge in [-0.25, -0.2) is 9.97 Å². The standard InChI is InChI=1S/C24H24BrN7/c1-30-11-13-31(14-12-30)22-16-18(9-10-27-22)17-7-8-21-20(15-17)23(29-24(26)28-21)32(25)19-5-3-2-4-6-19/h2-10,15-16H,11-14H2,1H3,(H2,26,28,29). The van der Waals surface area contributed by atoms with Gasteiger partial charge in [-0.1, -0.05) is 24.3 Å². The number of halogens is 1. The van der Waals surface area contributed by atoms with Crippen LogP contribution in [-0.2, 0) is 0 Å². The molecule has 1 aliphatic rings. The second-order valence-corrected chi connectivity index (χ2v) is 8.66. The number of hydrogen-bond donors (Lipinski definition) is 1. The van der Waals surface area contributed by atoms with Crippen molar-refractivity contribution in [2.24, 2.45) is 0 Å². The highest BCUT2D eigenvalue weighted by molar-refractivity contribution is 9.10. The van der Waals surface area contributed by atoms with Gasteiger partial charge in [0.25, 0.3) is 0 Å². The highest BCUT2D eigenvalue weighted by atomic mass is 79.9. The van der Waals surface area contributed by atoms with E-state index in [1.807, 2.05) is 52.6 Å². The molecule has 0 unspecified atom stereocenters. The molecule has 32 heavy (non-hydrogen) atoms. The highest BCUT2D eigenvalue weighted by Gasteiger charge is 2.17. The minimum atomic E-state index is 0.238. The number of anilines is 4. The van der Waals surface area contributed by atoms with Crippen LogP contribution < -0.4 is 14.6 Å². The number of fused-ring (bicyclic) bond motifs is 1. The predicted octanol–water partition coefficient (Wildman–Crippen LogP) is 4.47. The SMILES string of the molecule is CN1CCN(c2cc(-c3ccc4nc(N)nc(N(Br)c5ccccc5)c4c3)ccn2)CC1. The molecule has 0 radical (unpaired) electrons. The molecular formula is C24H24BrN7. The van der Waals surface area contributed by atoms with Crippen LogP contribution in [0.15, 0.2) is 66.9 Å². The predicted molar refractivity (Wildman–Crippen MR) is 134 cm³/mol. The Hall–Kier alpha value is -3.23. The van der Waals surface area contributed by atoms with Crippen molar-refractivity contribution >= 4 is 50.3 Å². The van der Waals surface area contributed by atoms with Gasteiger partial charge < -0.3 is 15.5 Å². The number of pyridine rings is 1. The fourth-order valence-electron chi connectivity index (χ4n) is 3.95. The molecule has 0 atom stereocenters. The molecule has 162 valence electrons. The van der Waals surface area contributed by atoms with Gasteiger partial charge in [-0.15, -0.1) is 0 Å². The Labute approximate surface area is 195 Å². The van der Waals surface area contributed by atoms with Gasteiger partial charge >= 0.3 is 0 Å². The summed E-state index contributed by atoms with van der Waals surface area (Å²) >= 11 is 3.67. The number of benzene rings is 2. The van der Waals surface area contributed by atoms with E-state index < -0.39 is 0 Å². The van der Waals surface area contributed by atoms with Crippen molar-refractivity contribution in [3.05, 3.63) is 66.9 Å². The van der Waals surface area contributed by atoms with Crippen molar-refractivity contribution in [1.82, 2.24) is 19.9 Å². The zero-order chi connectivity index (χ0) is 22.1. The first-order chi connectivity index (χ1) is 15.6. The maximum absolute atomic E-state index is 6.02. The van der Waals surface area contributed by atoms with Crippen LogP contribution in [0.3, 0.4) is 0 Å². The summed E-state index contributed by atoms with van der Waals surface area (Å²) in [6, 6.07) is 20.4. The van der Waals surface area contributed by atoms with Crippen molar-refractivity contribution < 1.29 is 0 Å². The summed E-state index contributed by atoms with van der Waals surface area (Å²) in [4.78, 5) is 18.3. The molecule has 0 aliphatic carbocycles. The van der Waals surface area contributed by atoms with Gasteiger partial charge in [0.05, 0.1) is 27.4 Å². The molecule has 7 nitrogen and oxygen atoms in total. The minimum Gasteiger partial charge on any atom is -0.368 e. The van der Waals surface area contributed by atoms with E-state index >= 15 is 0 Å². The van der Waals surface area contributed by atoms with E-state index in [2.05, 4.69) is 66.1 Å². The van der Waals surface area contributed by atoms with Crippen LogP contribution in [0.5, 0.6) is 0 Å². The average molecular weight is 490 g/mol. The Balaban J connectivity index is 1.55. The summed E-state index contributed by atoms with van der Waals surface area (Å²) in [5.41, 5.74) is 9.96. The summed E-state index contributed by atoms with van der Waals surface area (Å²) in [6.45, 7) is 4.06. The zero-order valence-corrected chi connectivity index (χ0v) is 19.4. The van der Waals surface area contributed by atoms with E-state index in [-0.39, 0.29) is 5.95 Å². The van der Waals surface area contributed by atoms with Crippen LogP contribution in [0.25, 0.3) is 22.0 Å². The van der Waals surface area contributed by atoms with E-state index in [1.54, 1.807) is 0 Å². The molecule has 5 rings (SSSR count). The Morgan fingerprint density at radius 1 is 0.906 bits per heavy atom. The number of rotatable bonds is 4. The average Bonchev–Trinajstić information content (AvgIpc) is 2.84. The third-order valence-electron chi connectivity index (χ3n) is 5.77. The quantitative estimate of drug-likeness (QED) is 0.423. The Kier molecular flexibility index (Phi) is 5.63. The van der Waals surface area contributed by atoms with Gasteiger partial charge in [0.15, 0.2) is 5.82 Å². The van der Waals surface area contributed by atoms with Crippen LogP contribution >= 0.6 is 16.1 Å². The number of nitrogens with zero attached hydrogens (tertiary/aromatic N) is 6. The monoisotopic (exact) mass is 489 g/mol. The lowest BCUT2D eigenvalue weighted by Gasteiger charge is -2.33. The molecule has 0 spiro atoms. The second-order valence-electron chi connectivity index (χ2n) is 7.95. The zero-order valence-electron chi connectivity index (χ0n) is 17.8. The van der Waals surface area contributed by atoms with E-state index in [1.165, 1.54) is 0 Å². The fourth-order valence-corrected chi connectivity index (χ4v) is 4.45. The van der Waals surface area contributed by atoms with Crippen molar-refractivity contribution in [1.29, 1.82) is 0 Å². The Morgan fingerprint density at radius 3 is 2.44 bits per heavy atom. The lowest BCUT2D eigenvalue weighted by Crippen LogP contribution is -2.44. The molecule has 2 aromatic heterocycles. The second kappa shape index (κ2) is 8.72. The van der Waals surface area contributed by atoms with Gasteiger partial charge in [-0.05, 0) is 54.6 Å². The maximum Gasteiger partial charge on any atom is 0.222 e. The number of piperazine rings is 1. The molecule has 0 bridgehead atoms. The molecule has 3 heterocycles. The van der Waals surface area contributed by atoms with E-state index in [4.69, 9.17) is 5.73 Å². The molecule has 1 fully saturated rings. The van der Waals surface area contributed by atoms with Gasteiger partial charge in [-0.3, -0.25) is 3.93 Å². The summed E-state index contributed by atoms with van der Waals surface area (Å²) in [6.07, 6.45) is 1.88. The Bertz CT molecular complexity index is 1240. The van der Waals surface area contributed by atoms with Crippen LogP contribution in [0.2, 0.25) is 0 Å². The first kappa shape index (κ1) is 20.7. The topological polar surface area (TPSA) is 74.4 Å². The Morgan fingerprint density at radius 2 is 1.66 bits per heavy atom. The summed E-state index contributed by atoms with van der Waals surface area (Å²) in [5, 5.41) is 0.912. The van der Waals surface area contributed by atoms with E-state index in [0.717, 1.165) is 59.7 Å². The summed E-state index contributed by atoms with van der Waals surface area (Å²) in [5.74, 6) is 1.95. The van der Waals surface area contributed by atoms with Crippen molar-refractivity contribution in [3.8, 4) is 11.1 Å². The number of nitrogens with two attached hydrogens (primary N) is 1. The number of likely N-dealkylation sites (N-methyl/N-ethyl adjacent to an activating group) is 1. The lowest BCUT2D eigenvalue weighted by atomic mass is 10.0. The molecule has 4 aromatic rings. The van der Waals surface area contributed by atoms with Crippen LogP contribution in [-0.4, -0.2) is 53.1 Å². The minimum absolute atomic E-state index is 0.238. The van der Waals surface area contributed by atoms with Gasteiger partial charge in [0, 0.05) is 37.8 Å². The maximum atomic E-state index is 6.02. The van der Waals surface area contributed by atoms with E-state index in [9.17, 15) is 0 Å². The molecule has 1 aliphatic heterocycles. The molecule has 2 N–H and O–H groups in total. The number of hydrogen-bond acceptors (Lipinski definition) is 7. The first-order valence-corrected chi connectivity index (χ1v) is 11.3. The molecular weight excluding hydrogens is 466 g/mol. The van der Waals surface area contributed by atoms with E-state index in [0.29, 0.717) is 5.82 Å². The molecule has 1 saturated heterocycles. The normalized spacial score (nSPS) is 14.6. The van der Waals surface area contributed by atoms with Crippen molar-refractivity contribution in [3.63, 3.8) is 0 Å². The smallest absolute Gasteiger partial charge is 0.222 e. The van der Waals surface area contributed by atoms with Crippen LogP contribution in [0.1, 0.15) is 0 Å². The van der Waals surface area contributed by atoms with Gasteiger partial charge in [0.1, 0.15) is 5.82 Å². The number of para-hydroxylation sites is 1. The third kappa shape index (κ3) is 4.11. The third-order valence-corrected chi connectivity index (χ3v) is 6.51. The van der Waals surface area contributed by atoms with Gasteiger partial charge in [0.2, 0.25) is 5.95 Å². The number of nitrogen functional groups attached to an aromatic ring is 1. The molecule has 8 heteroatoms. The lowest BCUT2D eigenvalue weighted by molar-refractivity contribution is 0.312. The van der Waals surface area contributed by atoms with Crippen LogP contribution in [0, 0.1) is 0 Å². The van der Waals surface area contributed by atoms with Crippen molar-refractivity contribution in [2.75, 3.05) is 47.8 Å². The first-order valence-electron chi connectivity index (χ1n) is 10.6. The summed E-state index contributed by atoms with van der Waals surface area (Å²) in [7, 11) is 2.16. The molecule has 0 saturated carbocycles. The summed E-state index contributed by atoms with van der Waals surface area (Å²) < 4.78 is 1.86. The fraction of sp³-hybridized carbons (Fsp3) is 0.208. The number of aromatic nitrogens is 3. The molecule has 0 amide bonds. The molecule has 2 aromatic carbocycles. The largest absolute Gasteiger partial charge is 0.368 e. The van der Waals surface area contributed by atoms with Crippen molar-refractivity contribution in [2.45, 2.75) is 0 Å². The van der Waals surface area contributed by atoms with Crippen LogP contribution in [0.4, 0.5) is 23.3 Å².